The molecule has 0 spiro atoms. The summed E-state index contributed by atoms with van der Waals surface area (Å²) in [5, 5.41) is 24.3. The van der Waals surface area contributed by atoms with E-state index in [1.54, 1.807) is 0 Å². The van der Waals surface area contributed by atoms with Gasteiger partial charge in [-0.15, -0.1) is 24.5 Å². The number of thiophene rings is 1. The van der Waals surface area contributed by atoms with Gasteiger partial charge in [-0.2, -0.15) is 0 Å². The van der Waals surface area contributed by atoms with E-state index in [0.29, 0.717) is 73.8 Å². The Labute approximate surface area is 342 Å². The summed E-state index contributed by atoms with van der Waals surface area (Å²) < 4.78 is 49.3. The van der Waals surface area contributed by atoms with Crippen LogP contribution in [0.5, 0.6) is 5.75 Å². The first-order valence-corrected chi connectivity index (χ1v) is 21.1. The van der Waals surface area contributed by atoms with Gasteiger partial charge in [-0.3, -0.25) is 14.4 Å². The van der Waals surface area contributed by atoms with E-state index < -0.39 is 57.5 Å². The zero-order chi connectivity index (χ0) is 42.1. The van der Waals surface area contributed by atoms with Gasteiger partial charge in [0, 0.05) is 27.8 Å². The molecule has 58 heavy (non-hydrogen) atoms. The average molecular weight is 822 g/mol. The molecule has 6 atom stereocenters. The summed E-state index contributed by atoms with van der Waals surface area (Å²) >= 11 is 1.42. The van der Waals surface area contributed by atoms with Crippen molar-refractivity contribution in [3.8, 4) is 5.75 Å². The zero-order valence-electron chi connectivity index (χ0n) is 34.1. The first kappa shape index (κ1) is 42.1. The number of alkyl halides is 3. The highest BCUT2D eigenvalue weighted by atomic mass is 32.1. The van der Waals surface area contributed by atoms with E-state index in [1.165, 1.54) is 40.5 Å². The Bertz CT molecular complexity index is 2130. The Morgan fingerprint density at radius 1 is 0.966 bits per heavy atom. The van der Waals surface area contributed by atoms with Gasteiger partial charge < -0.3 is 24.6 Å². The molecule has 6 unspecified atom stereocenters. The summed E-state index contributed by atoms with van der Waals surface area (Å²) in [4.78, 5) is 46.2. The van der Waals surface area contributed by atoms with Crippen molar-refractivity contribution in [3.05, 3.63) is 98.3 Å². The molecule has 12 heteroatoms. The molecule has 3 aromatic rings. The highest BCUT2D eigenvalue weighted by Gasteiger charge is 2.76. The first-order valence-electron chi connectivity index (χ1n) is 20.3. The van der Waals surface area contributed by atoms with Crippen LogP contribution in [0.2, 0.25) is 0 Å². The molecule has 312 valence electrons. The maximum atomic E-state index is 15.2. The largest absolute Gasteiger partial charge is 0.573 e. The summed E-state index contributed by atoms with van der Waals surface area (Å²) in [7, 11) is 0. The second-order valence-electron chi connectivity index (χ2n) is 18.2. The second kappa shape index (κ2) is 14.9. The Kier molecular flexibility index (Phi) is 10.8. The number of ether oxygens (including phenoxy) is 2. The highest BCUT2D eigenvalue weighted by Crippen LogP contribution is 2.66. The molecule has 1 amide bonds. The Morgan fingerprint density at radius 2 is 1.69 bits per heavy atom. The van der Waals surface area contributed by atoms with Crippen molar-refractivity contribution < 1.29 is 47.2 Å². The molecule has 8 rings (SSSR count). The molecule has 0 radical (unpaired) electrons. The zero-order valence-corrected chi connectivity index (χ0v) is 34.9. The van der Waals surface area contributed by atoms with Crippen molar-refractivity contribution in [1.29, 1.82) is 0 Å². The van der Waals surface area contributed by atoms with Crippen LogP contribution in [-0.2, 0) is 27.3 Å². The third kappa shape index (κ3) is 7.21. The van der Waals surface area contributed by atoms with E-state index in [9.17, 15) is 33.0 Å². The molecule has 1 saturated heterocycles. The summed E-state index contributed by atoms with van der Waals surface area (Å²) in [6.45, 7) is 11.4. The summed E-state index contributed by atoms with van der Waals surface area (Å²) in [6, 6.07) is 14.9. The number of carbonyl (C=O) groups is 3. The fraction of sp³-hybridized carbons (Fsp3) is 0.543. The van der Waals surface area contributed by atoms with Crippen molar-refractivity contribution in [2.45, 2.75) is 135 Å². The fourth-order valence-electron chi connectivity index (χ4n) is 10.4. The minimum atomic E-state index is -4.87. The number of amides is 1. The standard InChI is InChI=1S/C46H54F3NO7S/c1-28-8-7-20-42(5)36(34-17-13-31(24-32(51)14-9-28)25-35(34)38(52)37-18-10-29(2)58-37)19-21-44(42,55)27-50(26-30-11-15-33(16-12-30)56-46(47,48)49)39(53)45-23-22-43(6,40(54)57-45)41(45,3)4/h8,10-13,15-18,25,32,36,51,55H,7,9,14,19-24,26-27H2,1-6H3. The van der Waals surface area contributed by atoms with Crippen LogP contribution in [-0.4, -0.2) is 63.0 Å². The molecule has 8 nitrogen and oxygen atoms in total. The van der Waals surface area contributed by atoms with Gasteiger partial charge >= 0.3 is 12.3 Å². The van der Waals surface area contributed by atoms with Gasteiger partial charge in [0.05, 0.1) is 28.5 Å². The minimum Gasteiger partial charge on any atom is -0.448 e. The van der Waals surface area contributed by atoms with Crippen LogP contribution in [0.1, 0.15) is 129 Å². The van der Waals surface area contributed by atoms with Crippen molar-refractivity contribution in [2.75, 3.05) is 6.54 Å². The Balaban J connectivity index is 1.31. The molecule has 2 heterocycles. The number of rotatable bonds is 8. The molecular formula is C46H54F3NO7S. The smallest absolute Gasteiger partial charge is 0.448 e. The summed E-state index contributed by atoms with van der Waals surface area (Å²) in [6.07, 6.45) is 0.998. The third-order valence-corrected chi connectivity index (χ3v) is 15.6. The van der Waals surface area contributed by atoms with Gasteiger partial charge in [0.2, 0.25) is 5.78 Å². The van der Waals surface area contributed by atoms with Crippen LogP contribution in [0.25, 0.3) is 0 Å². The summed E-state index contributed by atoms with van der Waals surface area (Å²) in [5.41, 5.74) is -1.86. The third-order valence-electron chi connectivity index (χ3n) is 14.6. The normalized spacial score (nSPS) is 30.7. The molecule has 5 aliphatic rings. The van der Waals surface area contributed by atoms with E-state index in [2.05, 4.69) is 10.8 Å². The number of halogens is 3. The molecule has 2 saturated carbocycles. The van der Waals surface area contributed by atoms with Gasteiger partial charge in [0.15, 0.2) is 5.60 Å². The van der Waals surface area contributed by atoms with Gasteiger partial charge in [0.1, 0.15) is 5.75 Å². The van der Waals surface area contributed by atoms with E-state index in [-0.39, 0.29) is 24.8 Å². The van der Waals surface area contributed by atoms with Crippen LogP contribution in [0.3, 0.4) is 0 Å². The maximum Gasteiger partial charge on any atom is 0.573 e. The predicted octanol–water partition coefficient (Wildman–Crippen LogP) is 9.38. The number of allylic oxidation sites excluding steroid dienone is 2. The van der Waals surface area contributed by atoms with Gasteiger partial charge in [0.25, 0.3) is 5.91 Å². The number of carbonyl (C=O) groups excluding carboxylic acids is 3. The van der Waals surface area contributed by atoms with E-state index in [0.717, 1.165) is 21.6 Å². The molecular weight excluding hydrogens is 768 g/mol. The molecule has 4 bridgehead atoms. The number of aryl methyl sites for hydroxylation is 1. The van der Waals surface area contributed by atoms with Crippen molar-refractivity contribution in [3.63, 3.8) is 0 Å². The number of ketones is 1. The van der Waals surface area contributed by atoms with Crippen LogP contribution in [0.15, 0.2) is 66.2 Å². The quantitative estimate of drug-likeness (QED) is 0.132. The number of benzene rings is 2. The Morgan fingerprint density at radius 3 is 2.31 bits per heavy atom. The first-order chi connectivity index (χ1) is 27.1. The molecule has 3 fully saturated rings. The lowest BCUT2D eigenvalue weighted by atomic mass is 9.64. The van der Waals surface area contributed by atoms with Crippen molar-refractivity contribution >= 4 is 29.0 Å². The number of nitrogens with zero attached hydrogens (tertiary/aromatic N) is 1. The Hall–Kier alpha value is -4.00. The lowest BCUT2D eigenvalue weighted by molar-refractivity contribution is -0.274. The van der Waals surface area contributed by atoms with Crippen LogP contribution >= 0.6 is 11.3 Å². The summed E-state index contributed by atoms with van der Waals surface area (Å²) in [5.74, 6) is -1.72. The predicted molar refractivity (Wildman–Crippen MR) is 214 cm³/mol. The number of hydrogen-bond donors (Lipinski definition) is 2. The lowest BCUT2D eigenvalue weighted by Crippen LogP contribution is -2.60. The van der Waals surface area contributed by atoms with Gasteiger partial charge in [-0.1, -0.05) is 56.7 Å². The van der Waals surface area contributed by atoms with E-state index in [1.807, 2.05) is 71.9 Å². The topological polar surface area (TPSA) is 113 Å². The molecule has 2 aromatic carbocycles. The average Bonchev–Trinajstić information content (AvgIpc) is 3.80. The number of aliphatic hydroxyl groups is 2. The van der Waals surface area contributed by atoms with Crippen LogP contribution in [0, 0.1) is 23.2 Å². The molecule has 1 aliphatic heterocycles. The number of hydrogen-bond acceptors (Lipinski definition) is 8. The van der Waals surface area contributed by atoms with Gasteiger partial charge in [-0.25, -0.2) is 0 Å². The minimum absolute atomic E-state index is 0.0716. The lowest BCUT2D eigenvalue weighted by Gasteiger charge is -2.47. The number of fused-ring (bicyclic) bond motifs is 10. The monoisotopic (exact) mass is 821 g/mol. The van der Waals surface area contributed by atoms with Crippen molar-refractivity contribution in [2.24, 2.45) is 16.2 Å². The van der Waals surface area contributed by atoms with Crippen molar-refractivity contribution in [1.82, 2.24) is 4.90 Å². The SMILES string of the molecule is CC1=CCCC2(C)C(CCC2(O)CN(Cc2ccc(OC(F)(F)F)cc2)C(=O)C23CCC(C)(C(=O)O2)C3(C)C)c2ccc(cc2C(=O)c2ccc(C)s2)CC(O)CC1. The fourth-order valence-corrected chi connectivity index (χ4v) is 11.2. The maximum absolute atomic E-state index is 15.2. The molecule has 1 aromatic heterocycles. The van der Waals surface area contributed by atoms with Crippen LogP contribution in [0.4, 0.5) is 13.2 Å². The van der Waals surface area contributed by atoms with E-state index >= 15 is 4.79 Å². The van der Waals surface area contributed by atoms with E-state index in [4.69, 9.17) is 4.74 Å². The molecule has 4 aliphatic carbocycles. The van der Waals surface area contributed by atoms with Gasteiger partial charge in [-0.05, 0) is 131 Å². The number of esters is 1. The number of aliphatic hydroxyl groups excluding tert-OH is 1. The second-order valence-corrected chi connectivity index (χ2v) is 19.5. The highest BCUT2D eigenvalue weighted by molar-refractivity contribution is 7.14. The molecule has 2 N–H and O–H groups in total. The van der Waals surface area contributed by atoms with Crippen LogP contribution < -0.4 is 4.74 Å².